The lowest BCUT2D eigenvalue weighted by Gasteiger charge is -2.28. The first-order valence-corrected chi connectivity index (χ1v) is 12.9. The quantitative estimate of drug-likeness (QED) is 0.142. The van der Waals surface area contributed by atoms with Crippen LogP contribution < -0.4 is 5.73 Å². The van der Waals surface area contributed by atoms with Gasteiger partial charge in [-0.25, -0.2) is 9.13 Å². The number of phosphoric ester groups is 2. The summed E-state index contributed by atoms with van der Waals surface area (Å²) in [7, 11) is -10.4. The highest BCUT2D eigenvalue weighted by atomic mass is 31.3. The van der Waals surface area contributed by atoms with E-state index in [1.807, 2.05) is 0 Å². The van der Waals surface area contributed by atoms with E-state index in [4.69, 9.17) is 15.2 Å². The lowest BCUT2D eigenvalue weighted by molar-refractivity contribution is -0.115. The first-order valence-electron chi connectivity index (χ1n) is 9.89. The van der Waals surface area contributed by atoms with Crippen molar-refractivity contribution >= 4 is 21.6 Å². The lowest BCUT2D eigenvalue weighted by Crippen LogP contribution is -2.40. The third-order valence-electron chi connectivity index (χ3n) is 5.13. The minimum Gasteiger partial charge on any atom is -0.388 e. The molecule has 0 aliphatic carbocycles. The van der Waals surface area contributed by atoms with Gasteiger partial charge in [0.1, 0.15) is 36.6 Å². The van der Waals surface area contributed by atoms with E-state index in [1.165, 1.54) is 17.3 Å². The van der Waals surface area contributed by atoms with Gasteiger partial charge in [0.05, 0.1) is 19.8 Å². The van der Waals surface area contributed by atoms with Gasteiger partial charge in [-0.3, -0.25) is 13.8 Å². The molecule has 3 heterocycles. The van der Waals surface area contributed by atoms with Crippen molar-refractivity contribution in [3.63, 3.8) is 0 Å². The van der Waals surface area contributed by atoms with Gasteiger partial charge in [0.25, 0.3) is 0 Å². The van der Waals surface area contributed by atoms with Crippen molar-refractivity contribution in [1.82, 2.24) is 4.90 Å². The van der Waals surface area contributed by atoms with Crippen molar-refractivity contribution in [2.75, 3.05) is 19.8 Å². The van der Waals surface area contributed by atoms with Crippen LogP contribution in [0, 0.1) is 0 Å². The number of nitrogens with two attached hydrogens (primary N) is 1. The molecule has 8 N–H and O–H groups in total. The minimum atomic E-state index is -5.24. The number of rotatable bonds is 10. The van der Waals surface area contributed by atoms with Crippen LogP contribution in [0.1, 0.15) is 6.42 Å². The summed E-state index contributed by atoms with van der Waals surface area (Å²) in [6.07, 6.45) is -4.89. The van der Waals surface area contributed by atoms with Crippen LogP contribution in [0.4, 0.5) is 0 Å². The molecular weight excluding hydrogens is 506 g/mol. The SMILES string of the molecule is NC(=O)C1=CN(C2O[C@H](COP(=O)(O)OP(=O)(O)OC[C@H]3OC[C@H](O)[C@@H]3O)[C@@H](O)[C@H]2O)C=CC1. The van der Waals surface area contributed by atoms with Crippen LogP contribution in [0.25, 0.3) is 0 Å². The van der Waals surface area contributed by atoms with Gasteiger partial charge in [-0.15, -0.1) is 0 Å². The molecular formula is C16H26N2O14P2. The number of carbonyl (C=O) groups excluding carboxylic acids is 1. The molecule has 3 aliphatic heterocycles. The maximum absolute atomic E-state index is 12.1. The van der Waals surface area contributed by atoms with E-state index in [2.05, 4.69) is 13.4 Å². The Kier molecular flexibility index (Phi) is 8.69. The van der Waals surface area contributed by atoms with Gasteiger partial charge in [0, 0.05) is 18.0 Å². The standard InChI is InChI=1S/C16H26N2O14P2/c17-15(23)8-2-1-3-18(4-8)16-14(22)13(21)11(31-16)7-30-34(26,27)32-33(24,25)29-6-10-12(20)9(19)5-28-10/h1,3-4,9-14,16,19-22H,2,5-7H2,(H2,17,23)(H,24,25)(H,26,27)/t9-,10+,11+,12-,13+,14+,16?/m0/s1. The number of nitrogens with zero attached hydrogens (tertiary/aromatic N) is 1. The topological polar surface area (TPSA) is 248 Å². The molecule has 18 heteroatoms. The Morgan fingerprint density at radius 1 is 1.06 bits per heavy atom. The Balaban J connectivity index is 1.53. The van der Waals surface area contributed by atoms with Crippen LogP contribution in [0.2, 0.25) is 0 Å². The Morgan fingerprint density at radius 3 is 2.24 bits per heavy atom. The summed E-state index contributed by atoms with van der Waals surface area (Å²) < 4.78 is 47.7. The fraction of sp³-hybridized carbons (Fsp3) is 0.688. The fourth-order valence-electron chi connectivity index (χ4n) is 3.34. The summed E-state index contributed by atoms with van der Waals surface area (Å²) in [6, 6.07) is 0. The van der Waals surface area contributed by atoms with Crippen molar-refractivity contribution in [3.05, 3.63) is 24.0 Å². The molecule has 194 valence electrons. The van der Waals surface area contributed by atoms with Crippen molar-refractivity contribution in [2.45, 2.75) is 49.3 Å². The molecule has 3 aliphatic rings. The van der Waals surface area contributed by atoms with E-state index in [9.17, 15) is 44.1 Å². The predicted molar refractivity (Wildman–Crippen MR) is 108 cm³/mol. The molecule has 0 saturated carbocycles. The van der Waals surface area contributed by atoms with E-state index < -0.39 is 77.6 Å². The molecule has 0 bridgehead atoms. The highest BCUT2D eigenvalue weighted by Gasteiger charge is 2.47. The Morgan fingerprint density at radius 2 is 1.68 bits per heavy atom. The van der Waals surface area contributed by atoms with Crippen LogP contribution in [0.3, 0.4) is 0 Å². The summed E-state index contributed by atoms with van der Waals surface area (Å²) in [6.45, 7) is -1.83. The van der Waals surface area contributed by atoms with Gasteiger partial charge < -0.3 is 50.3 Å². The summed E-state index contributed by atoms with van der Waals surface area (Å²) in [5.74, 6) is -0.693. The van der Waals surface area contributed by atoms with Gasteiger partial charge in [0.2, 0.25) is 5.91 Å². The van der Waals surface area contributed by atoms with Gasteiger partial charge in [-0.2, -0.15) is 4.31 Å². The monoisotopic (exact) mass is 532 g/mol. The van der Waals surface area contributed by atoms with E-state index in [-0.39, 0.29) is 18.6 Å². The minimum absolute atomic E-state index is 0.212. The third kappa shape index (κ3) is 6.71. The number of allylic oxidation sites excluding steroid dienone is 1. The molecule has 3 rings (SSSR count). The number of amides is 1. The molecule has 2 fully saturated rings. The number of hydrogen-bond donors (Lipinski definition) is 7. The fourth-order valence-corrected chi connectivity index (χ4v) is 5.43. The maximum Gasteiger partial charge on any atom is 0.481 e. The van der Waals surface area contributed by atoms with E-state index in [0.717, 1.165) is 0 Å². The maximum atomic E-state index is 12.1. The van der Waals surface area contributed by atoms with Gasteiger partial charge >= 0.3 is 15.6 Å². The Bertz CT molecular complexity index is 914. The van der Waals surface area contributed by atoms with Gasteiger partial charge in [-0.05, 0) is 6.42 Å². The van der Waals surface area contributed by atoms with Gasteiger partial charge in [-0.1, -0.05) is 6.08 Å². The summed E-state index contributed by atoms with van der Waals surface area (Å²) >= 11 is 0. The predicted octanol–water partition coefficient (Wildman–Crippen LogP) is -2.61. The van der Waals surface area contributed by atoms with Crippen molar-refractivity contribution < 1.29 is 67.0 Å². The van der Waals surface area contributed by atoms with E-state index in [0.29, 0.717) is 0 Å². The Hall–Kier alpha value is -1.23. The number of primary amides is 1. The molecule has 0 aromatic rings. The molecule has 2 saturated heterocycles. The van der Waals surface area contributed by atoms with Crippen LogP contribution in [-0.2, 0) is 36.8 Å². The second kappa shape index (κ2) is 10.8. The number of carbonyl (C=O) groups is 1. The highest BCUT2D eigenvalue weighted by molar-refractivity contribution is 7.61. The normalized spacial score (nSPS) is 37.3. The molecule has 34 heavy (non-hydrogen) atoms. The zero-order valence-corrected chi connectivity index (χ0v) is 19.3. The smallest absolute Gasteiger partial charge is 0.388 e. The third-order valence-corrected chi connectivity index (χ3v) is 7.74. The molecule has 16 nitrogen and oxygen atoms in total. The average molecular weight is 532 g/mol. The average Bonchev–Trinajstić information content (AvgIpc) is 3.23. The van der Waals surface area contributed by atoms with Crippen LogP contribution in [-0.4, -0.2) is 104 Å². The van der Waals surface area contributed by atoms with E-state index in [1.54, 1.807) is 6.08 Å². The molecule has 0 aromatic heterocycles. The Labute approximate surface area is 193 Å². The van der Waals surface area contributed by atoms with Crippen molar-refractivity contribution in [2.24, 2.45) is 5.73 Å². The zero-order valence-electron chi connectivity index (χ0n) is 17.5. The van der Waals surface area contributed by atoms with Gasteiger partial charge in [0.15, 0.2) is 6.23 Å². The lowest BCUT2D eigenvalue weighted by atomic mass is 10.1. The molecule has 0 spiro atoms. The number of aliphatic hydroxyl groups excluding tert-OH is 4. The largest absolute Gasteiger partial charge is 0.481 e. The van der Waals surface area contributed by atoms with E-state index >= 15 is 0 Å². The van der Waals surface area contributed by atoms with Crippen molar-refractivity contribution in [1.29, 1.82) is 0 Å². The molecule has 9 atom stereocenters. The number of aliphatic hydroxyl groups is 4. The highest BCUT2D eigenvalue weighted by Crippen LogP contribution is 2.60. The number of hydrogen-bond acceptors (Lipinski definition) is 13. The summed E-state index contributed by atoms with van der Waals surface area (Å²) in [5.41, 5.74) is 5.45. The number of phosphoric acid groups is 2. The van der Waals surface area contributed by atoms with Crippen LogP contribution in [0.5, 0.6) is 0 Å². The first-order chi connectivity index (χ1) is 15.8. The van der Waals surface area contributed by atoms with Crippen molar-refractivity contribution in [3.8, 4) is 0 Å². The first kappa shape index (κ1) is 27.4. The number of ether oxygens (including phenoxy) is 2. The molecule has 1 amide bonds. The molecule has 0 aromatic carbocycles. The summed E-state index contributed by atoms with van der Waals surface area (Å²) in [5, 5.41) is 39.4. The zero-order chi connectivity index (χ0) is 25.3. The second-order valence-corrected chi connectivity index (χ2v) is 10.7. The van der Waals surface area contributed by atoms with Crippen LogP contribution >= 0.6 is 15.6 Å². The molecule has 0 radical (unpaired) electrons. The molecule has 3 unspecified atom stereocenters. The summed E-state index contributed by atoms with van der Waals surface area (Å²) in [4.78, 5) is 32.0. The van der Waals surface area contributed by atoms with Crippen LogP contribution in [0.15, 0.2) is 24.0 Å². The second-order valence-electron chi connectivity index (χ2n) is 7.64.